The number of rotatable bonds is 85. The zero-order valence-electron chi connectivity index (χ0n) is 67.3. The molecule has 612 valence electrons. The van der Waals surface area contributed by atoms with Crippen LogP contribution in [-0.4, -0.2) is 96.7 Å². The second kappa shape index (κ2) is 78.2. The van der Waals surface area contributed by atoms with Crippen LogP contribution in [0.25, 0.3) is 0 Å². The van der Waals surface area contributed by atoms with Crippen molar-refractivity contribution in [3.8, 4) is 0 Å². The first-order valence-electron chi connectivity index (χ1n) is 43.8. The average Bonchev–Trinajstić information content (AvgIpc) is 0.910. The topological polar surface area (TPSA) is 237 Å². The van der Waals surface area contributed by atoms with Gasteiger partial charge in [-0.3, -0.25) is 37.3 Å². The van der Waals surface area contributed by atoms with Crippen molar-refractivity contribution in [3.05, 3.63) is 0 Å². The largest absolute Gasteiger partial charge is 0.472 e. The highest BCUT2D eigenvalue weighted by Crippen LogP contribution is 2.45. The fourth-order valence-corrected chi connectivity index (χ4v) is 14.7. The summed E-state index contributed by atoms with van der Waals surface area (Å²) in [4.78, 5) is 73.1. The number of phosphoric acid groups is 2. The van der Waals surface area contributed by atoms with E-state index in [2.05, 4.69) is 27.7 Å². The molecule has 0 heterocycles. The smallest absolute Gasteiger partial charge is 0.462 e. The maximum Gasteiger partial charge on any atom is 0.472 e. The summed E-state index contributed by atoms with van der Waals surface area (Å²) in [6, 6.07) is 0. The van der Waals surface area contributed by atoms with Crippen molar-refractivity contribution in [3.63, 3.8) is 0 Å². The number of aliphatic hydroxyl groups excluding tert-OH is 1. The third-order valence-electron chi connectivity index (χ3n) is 19.9. The van der Waals surface area contributed by atoms with Gasteiger partial charge in [-0.1, -0.05) is 407 Å². The lowest BCUT2D eigenvalue weighted by Crippen LogP contribution is -2.30. The Morgan fingerprint density at radius 3 is 0.573 bits per heavy atom. The number of carbonyl (C=O) groups excluding carboxylic acids is 4. The molecule has 0 amide bonds. The SMILES string of the molecule is CCCCCCCCCCCCCCCCCCCCCCCC(=O)O[C@H](COC(=O)CCCCCCCCCCCCCCCCCCCC)COP(=O)(O)OC[C@@H](O)COP(=O)(O)OC[C@@H](COC(=O)CCCCCCCCCCC)OC(=O)CCCCCCCCCCCCCCCCC. The van der Waals surface area contributed by atoms with Crippen molar-refractivity contribution in [2.75, 3.05) is 39.6 Å². The molecule has 0 aliphatic rings. The molecular formula is C84H164O17P2. The Hall–Kier alpha value is -1.94. The van der Waals surface area contributed by atoms with Gasteiger partial charge in [-0.15, -0.1) is 0 Å². The Balaban J connectivity index is 5.20. The van der Waals surface area contributed by atoms with E-state index in [1.165, 1.54) is 289 Å². The van der Waals surface area contributed by atoms with E-state index in [1.54, 1.807) is 0 Å². The lowest BCUT2D eigenvalue weighted by molar-refractivity contribution is -0.161. The predicted molar refractivity (Wildman–Crippen MR) is 423 cm³/mol. The highest BCUT2D eigenvalue weighted by atomic mass is 31.2. The fourth-order valence-electron chi connectivity index (χ4n) is 13.2. The lowest BCUT2D eigenvalue weighted by atomic mass is 10.0. The van der Waals surface area contributed by atoms with Gasteiger partial charge >= 0.3 is 39.5 Å². The van der Waals surface area contributed by atoms with Gasteiger partial charge in [-0.05, 0) is 25.7 Å². The van der Waals surface area contributed by atoms with Gasteiger partial charge in [-0.2, -0.15) is 0 Å². The molecule has 0 saturated carbocycles. The Labute approximate surface area is 632 Å². The number of hydrogen-bond donors (Lipinski definition) is 3. The standard InChI is InChI=1S/C84H164O17P2/c1-5-9-13-17-21-25-28-31-34-36-38-39-40-42-45-48-51-55-59-63-67-71-84(89)101-80(75-95-82(87)69-65-61-57-53-49-46-44-41-37-35-32-29-26-22-18-14-10-6-2)77-99-103(92,93)97-73-78(85)72-96-102(90,91)98-76-79(74-94-81(86)68-64-60-56-52-24-20-16-12-8-4)100-83(88)70-66-62-58-54-50-47-43-33-30-27-23-19-15-11-7-3/h78-80,85H,5-77H2,1-4H3,(H,90,91)(H,92,93)/t78-,79+,80+/m0/s1. The number of esters is 4. The summed E-state index contributed by atoms with van der Waals surface area (Å²) >= 11 is 0. The van der Waals surface area contributed by atoms with E-state index in [1.807, 2.05) is 0 Å². The summed E-state index contributed by atoms with van der Waals surface area (Å²) in [6.07, 6.45) is 72.2. The molecule has 5 atom stereocenters. The molecule has 0 radical (unpaired) electrons. The molecule has 103 heavy (non-hydrogen) atoms. The number of ether oxygens (including phenoxy) is 4. The van der Waals surface area contributed by atoms with E-state index in [0.717, 1.165) is 89.9 Å². The first-order chi connectivity index (χ1) is 50.2. The van der Waals surface area contributed by atoms with Crippen LogP contribution in [0.15, 0.2) is 0 Å². The minimum absolute atomic E-state index is 0.109. The Morgan fingerprint density at radius 1 is 0.233 bits per heavy atom. The van der Waals surface area contributed by atoms with Crippen molar-refractivity contribution in [2.24, 2.45) is 0 Å². The number of carbonyl (C=O) groups is 4. The molecule has 0 aliphatic carbocycles. The van der Waals surface area contributed by atoms with Crippen LogP contribution in [0, 0.1) is 0 Å². The van der Waals surface area contributed by atoms with E-state index < -0.39 is 97.5 Å². The second-order valence-corrected chi connectivity index (χ2v) is 33.1. The molecule has 0 aromatic rings. The highest BCUT2D eigenvalue weighted by Gasteiger charge is 2.30. The zero-order valence-corrected chi connectivity index (χ0v) is 69.1. The van der Waals surface area contributed by atoms with Crippen LogP contribution in [0.5, 0.6) is 0 Å². The van der Waals surface area contributed by atoms with Crippen LogP contribution >= 0.6 is 15.6 Å². The average molecular weight is 1510 g/mol. The Kier molecular flexibility index (Phi) is 76.7. The molecule has 0 bridgehead atoms. The molecule has 3 N–H and O–H groups in total. The summed E-state index contributed by atoms with van der Waals surface area (Å²) in [6.45, 7) is 5.03. The molecule has 2 unspecified atom stereocenters. The van der Waals surface area contributed by atoms with E-state index in [9.17, 15) is 43.2 Å². The van der Waals surface area contributed by atoms with Crippen molar-refractivity contribution in [1.29, 1.82) is 0 Å². The van der Waals surface area contributed by atoms with Gasteiger partial charge in [0.15, 0.2) is 12.2 Å². The molecule has 0 fully saturated rings. The Bertz CT molecular complexity index is 1950. The van der Waals surface area contributed by atoms with Crippen LogP contribution in [0.4, 0.5) is 0 Å². The monoisotopic (exact) mass is 1510 g/mol. The molecule has 0 saturated heterocycles. The van der Waals surface area contributed by atoms with Crippen molar-refractivity contribution in [2.45, 2.75) is 476 Å². The molecule has 0 aliphatic heterocycles. The number of unbranched alkanes of at least 4 members (excludes halogenated alkanes) is 59. The van der Waals surface area contributed by atoms with E-state index in [-0.39, 0.29) is 25.7 Å². The van der Waals surface area contributed by atoms with Gasteiger partial charge < -0.3 is 33.8 Å². The van der Waals surface area contributed by atoms with Crippen LogP contribution in [0.2, 0.25) is 0 Å². The minimum Gasteiger partial charge on any atom is -0.462 e. The normalized spacial score (nSPS) is 13.7. The van der Waals surface area contributed by atoms with Crippen molar-refractivity contribution < 1.29 is 80.2 Å². The zero-order chi connectivity index (χ0) is 75.3. The predicted octanol–water partition coefficient (Wildman–Crippen LogP) is 25.7. The molecular weight excluding hydrogens is 1340 g/mol. The lowest BCUT2D eigenvalue weighted by Gasteiger charge is -2.21. The molecule has 0 aromatic heterocycles. The number of hydrogen-bond acceptors (Lipinski definition) is 15. The first kappa shape index (κ1) is 101. The maximum atomic E-state index is 13.1. The van der Waals surface area contributed by atoms with E-state index >= 15 is 0 Å². The molecule has 17 nitrogen and oxygen atoms in total. The minimum atomic E-state index is -4.96. The van der Waals surface area contributed by atoms with Crippen LogP contribution in [-0.2, 0) is 65.4 Å². The molecule has 0 aromatic carbocycles. The first-order valence-corrected chi connectivity index (χ1v) is 46.8. The summed E-state index contributed by atoms with van der Waals surface area (Å²) in [5, 5.41) is 10.7. The van der Waals surface area contributed by atoms with Gasteiger partial charge in [-0.25, -0.2) is 9.13 Å². The van der Waals surface area contributed by atoms with Gasteiger partial charge in [0, 0.05) is 25.7 Å². The Morgan fingerprint density at radius 2 is 0.388 bits per heavy atom. The highest BCUT2D eigenvalue weighted by molar-refractivity contribution is 7.47. The van der Waals surface area contributed by atoms with Crippen molar-refractivity contribution >= 4 is 39.5 Å². The second-order valence-electron chi connectivity index (χ2n) is 30.2. The molecule has 19 heteroatoms. The van der Waals surface area contributed by atoms with Gasteiger partial charge in [0.25, 0.3) is 0 Å². The van der Waals surface area contributed by atoms with E-state index in [0.29, 0.717) is 25.7 Å². The number of phosphoric ester groups is 2. The summed E-state index contributed by atoms with van der Waals surface area (Å²) in [5.41, 5.74) is 0. The third-order valence-corrected chi connectivity index (χ3v) is 21.8. The van der Waals surface area contributed by atoms with Gasteiger partial charge in [0.1, 0.15) is 19.3 Å². The maximum absolute atomic E-state index is 13.1. The van der Waals surface area contributed by atoms with Crippen LogP contribution in [0.3, 0.4) is 0 Å². The molecule has 0 rings (SSSR count). The molecule has 0 spiro atoms. The van der Waals surface area contributed by atoms with E-state index in [4.69, 9.17) is 37.0 Å². The quantitative estimate of drug-likeness (QED) is 0.0222. The van der Waals surface area contributed by atoms with Crippen LogP contribution < -0.4 is 0 Å². The van der Waals surface area contributed by atoms with Crippen molar-refractivity contribution in [1.82, 2.24) is 0 Å². The third kappa shape index (κ3) is 78.0. The van der Waals surface area contributed by atoms with Gasteiger partial charge in [0.05, 0.1) is 26.4 Å². The summed E-state index contributed by atoms with van der Waals surface area (Å²) in [5.74, 6) is -2.10. The van der Waals surface area contributed by atoms with Crippen LogP contribution in [0.1, 0.15) is 458 Å². The van der Waals surface area contributed by atoms with Gasteiger partial charge in [0.2, 0.25) is 0 Å². The summed E-state index contributed by atoms with van der Waals surface area (Å²) < 4.78 is 68.8. The summed E-state index contributed by atoms with van der Waals surface area (Å²) in [7, 11) is -9.92. The number of aliphatic hydroxyl groups is 1. The fraction of sp³-hybridized carbons (Fsp3) is 0.952.